The Labute approximate surface area is 141 Å². The van der Waals surface area contributed by atoms with Crippen LogP contribution in [0.5, 0.6) is 5.75 Å². The van der Waals surface area contributed by atoms with Gasteiger partial charge in [0, 0.05) is 6.54 Å². The van der Waals surface area contributed by atoms with Gasteiger partial charge in [-0.25, -0.2) is 9.69 Å². The second-order valence-corrected chi connectivity index (χ2v) is 5.05. The summed E-state index contributed by atoms with van der Waals surface area (Å²) < 4.78 is 29.0. The van der Waals surface area contributed by atoms with E-state index in [1.165, 1.54) is 24.3 Å². The lowest BCUT2D eigenvalue weighted by Crippen LogP contribution is -2.39. The number of anilines is 1. The van der Waals surface area contributed by atoms with Gasteiger partial charge in [0.05, 0.1) is 5.69 Å². The summed E-state index contributed by atoms with van der Waals surface area (Å²) in [5, 5.41) is 2.27. The Hall–Kier alpha value is -3.04. The van der Waals surface area contributed by atoms with Crippen LogP contribution in [0, 0.1) is 0 Å². The van der Waals surface area contributed by atoms with Crippen molar-refractivity contribution in [2.75, 3.05) is 18.4 Å². The molecule has 5 amide bonds. The summed E-state index contributed by atoms with van der Waals surface area (Å²) in [4.78, 5) is 48.8. The van der Waals surface area contributed by atoms with Gasteiger partial charge >= 0.3 is 24.5 Å². The van der Waals surface area contributed by atoms with Crippen LogP contribution >= 0.6 is 0 Å². The number of carbonyl (C=O) groups is 4. The first kappa shape index (κ1) is 18.3. The van der Waals surface area contributed by atoms with Crippen molar-refractivity contribution in [2.24, 2.45) is 0 Å². The van der Waals surface area contributed by atoms with Gasteiger partial charge in [-0.1, -0.05) is 19.1 Å². The van der Waals surface area contributed by atoms with E-state index in [9.17, 15) is 28.0 Å². The van der Waals surface area contributed by atoms with E-state index in [-0.39, 0.29) is 18.0 Å². The first-order valence-electron chi connectivity index (χ1n) is 7.36. The zero-order chi connectivity index (χ0) is 18.6. The Morgan fingerprint density at radius 3 is 2.44 bits per heavy atom. The third-order valence-electron chi connectivity index (χ3n) is 3.26. The number of rotatable bonds is 7. The summed E-state index contributed by atoms with van der Waals surface area (Å²) in [6, 6.07) is 4.57. The van der Waals surface area contributed by atoms with Crippen LogP contribution in [0.15, 0.2) is 24.3 Å². The fraction of sp³-hybridized carbons (Fsp3) is 0.333. The Balaban J connectivity index is 2.07. The van der Waals surface area contributed by atoms with Crippen LogP contribution in [0.2, 0.25) is 0 Å². The Bertz CT molecular complexity index is 710. The summed E-state index contributed by atoms with van der Waals surface area (Å²) in [7, 11) is 0. The van der Waals surface area contributed by atoms with Crippen molar-refractivity contribution in [1.82, 2.24) is 9.80 Å². The molecule has 1 aromatic rings. The summed E-state index contributed by atoms with van der Waals surface area (Å²) >= 11 is 0. The fourth-order valence-corrected chi connectivity index (χ4v) is 2.21. The van der Waals surface area contributed by atoms with Crippen LogP contribution in [0.1, 0.15) is 13.3 Å². The Morgan fingerprint density at radius 2 is 1.80 bits per heavy atom. The van der Waals surface area contributed by atoms with Crippen molar-refractivity contribution in [3.63, 3.8) is 0 Å². The minimum atomic E-state index is -3.08. The van der Waals surface area contributed by atoms with Crippen LogP contribution in [0.3, 0.4) is 0 Å². The largest absolute Gasteiger partial charge is 0.433 e. The van der Waals surface area contributed by atoms with E-state index >= 15 is 0 Å². The third-order valence-corrected chi connectivity index (χ3v) is 3.26. The average Bonchev–Trinajstić information content (AvgIpc) is 2.74. The van der Waals surface area contributed by atoms with Crippen LogP contribution in [0.25, 0.3) is 0 Å². The van der Waals surface area contributed by atoms with Gasteiger partial charge in [-0.3, -0.25) is 19.3 Å². The smallest absolute Gasteiger partial charge is 0.387 e. The molecule has 0 spiro atoms. The molecule has 0 unspecified atom stereocenters. The zero-order valence-corrected chi connectivity index (χ0v) is 13.2. The number of imide groups is 2. The van der Waals surface area contributed by atoms with Crippen molar-refractivity contribution in [3.05, 3.63) is 24.3 Å². The van der Waals surface area contributed by atoms with Crippen molar-refractivity contribution in [3.8, 4) is 5.75 Å². The molecule has 0 aromatic heterocycles. The normalized spacial score (nSPS) is 14.5. The molecule has 0 aliphatic carbocycles. The summed E-state index contributed by atoms with van der Waals surface area (Å²) in [5.41, 5.74) is -0.0522. The maximum atomic E-state index is 12.4. The van der Waals surface area contributed by atoms with Gasteiger partial charge in [-0.2, -0.15) is 8.78 Å². The maximum absolute atomic E-state index is 12.4. The number of halogens is 2. The minimum Gasteiger partial charge on any atom is -0.433 e. The number of carbonyl (C=O) groups excluding carboxylic acids is 4. The number of nitrogens with one attached hydrogen (secondary N) is 1. The highest BCUT2D eigenvalue weighted by Crippen LogP contribution is 2.25. The summed E-state index contributed by atoms with van der Waals surface area (Å²) in [6.45, 7) is -2.01. The Kier molecular flexibility index (Phi) is 5.63. The van der Waals surface area contributed by atoms with Gasteiger partial charge in [0.15, 0.2) is 0 Å². The highest BCUT2D eigenvalue weighted by atomic mass is 19.3. The number of benzene rings is 1. The molecular weight excluding hydrogens is 340 g/mol. The van der Waals surface area contributed by atoms with Gasteiger partial charge in [0.2, 0.25) is 5.91 Å². The number of nitrogens with zero attached hydrogens (tertiary/aromatic N) is 2. The van der Waals surface area contributed by atoms with Gasteiger partial charge in [-0.15, -0.1) is 0 Å². The summed E-state index contributed by atoms with van der Waals surface area (Å²) in [6.07, 6.45) is 0.461. The second-order valence-electron chi connectivity index (χ2n) is 5.05. The quantitative estimate of drug-likeness (QED) is 0.590. The third kappa shape index (κ3) is 4.08. The molecule has 1 fully saturated rings. The van der Waals surface area contributed by atoms with Crippen molar-refractivity contribution >= 4 is 29.4 Å². The molecule has 2 rings (SSSR count). The second kappa shape index (κ2) is 7.69. The van der Waals surface area contributed by atoms with Gasteiger partial charge in [0.25, 0.3) is 0 Å². The maximum Gasteiger partial charge on any atom is 0.387 e. The van der Waals surface area contributed by atoms with Crippen molar-refractivity contribution in [2.45, 2.75) is 20.0 Å². The van der Waals surface area contributed by atoms with E-state index < -0.39 is 36.9 Å². The standard InChI is InChI=1S/C15H15F2N3O5/c1-2-7-19-12(22)13(23)20(15(19)24)8-11(21)18-9-5-3-4-6-10(9)25-14(16)17/h3-6,14H,2,7-8H2,1H3,(H,18,21). The number of amides is 5. The number of urea groups is 1. The molecule has 1 N–H and O–H groups in total. The molecular formula is C15H15F2N3O5. The number of ether oxygens (including phenoxy) is 1. The number of para-hydroxylation sites is 2. The molecule has 0 bridgehead atoms. The molecule has 1 heterocycles. The van der Waals surface area contributed by atoms with E-state index in [4.69, 9.17) is 0 Å². The van der Waals surface area contributed by atoms with E-state index in [1.807, 2.05) is 0 Å². The number of hydrogen-bond donors (Lipinski definition) is 1. The van der Waals surface area contributed by atoms with Crippen LogP contribution in [0.4, 0.5) is 19.3 Å². The van der Waals surface area contributed by atoms with E-state index in [0.717, 1.165) is 4.90 Å². The van der Waals surface area contributed by atoms with Crippen LogP contribution in [-0.4, -0.2) is 53.3 Å². The zero-order valence-electron chi connectivity index (χ0n) is 13.2. The molecule has 0 atom stereocenters. The van der Waals surface area contributed by atoms with Crippen LogP contribution in [-0.2, 0) is 14.4 Å². The monoisotopic (exact) mass is 355 g/mol. The average molecular weight is 355 g/mol. The molecule has 1 aliphatic rings. The number of alkyl halides is 2. The summed E-state index contributed by atoms with van der Waals surface area (Å²) in [5.74, 6) is -3.21. The highest BCUT2D eigenvalue weighted by molar-refractivity contribution is 6.45. The van der Waals surface area contributed by atoms with Gasteiger partial charge < -0.3 is 10.1 Å². The van der Waals surface area contributed by atoms with Gasteiger partial charge in [-0.05, 0) is 18.6 Å². The molecule has 25 heavy (non-hydrogen) atoms. The molecule has 8 nitrogen and oxygen atoms in total. The molecule has 1 aromatic carbocycles. The lowest BCUT2D eigenvalue weighted by Gasteiger charge is -2.15. The highest BCUT2D eigenvalue weighted by Gasteiger charge is 2.44. The minimum absolute atomic E-state index is 0.0522. The van der Waals surface area contributed by atoms with Crippen molar-refractivity contribution in [1.29, 1.82) is 0 Å². The first-order chi connectivity index (χ1) is 11.8. The predicted molar refractivity (Wildman–Crippen MR) is 80.8 cm³/mol. The van der Waals surface area contributed by atoms with E-state index in [0.29, 0.717) is 11.3 Å². The molecule has 134 valence electrons. The topological polar surface area (TPSA) is 96.0 Å². The SMILES string of the molecule is CCCN1C(=O)C(=O)N(CC(=O)Nc2ccccc2OC(F)F)C1=O. The molecule has 1 saturated heterocycles. The number of hydrogen-bond acceptors (Lipinski definition) is 5. The van der Waals surface area contributed by atoms with Crippen LogP contribution < -0.4 is 10.1 Å². The predicted octanol–water partition coefficient (Wildman–Crippen LogP) is 1.43. The van der Waals surface area contributed by atoms with E-state index in [1.54, 1.807) is 6.92 Å². The van der Waals surface area contributed by atoms with E-state index in [2.05, 4.69) is 10.1 Å². The first-order valence-corrected chi connectivity index (χ1v) is 7.36. The lowest BCUT2D eigenvalue weighted by molar-refractivity contribution is -0.143. The van der Waals surface area contributed by atoms with Crippen molar-refractivity contribution < 1.29 is 32.7 Å². The lowest BCUT2D eigenvalue weighted by atomic mass is 10.3. The Morgan fingerprint density at radius 1 is 1.16 bits per heavy atom. The molecule has 10 heteroatoms. The molecule has 0 radical (unpaired) electrons. The van der Waals surface area contributed by atoms with Gasteiger partial charge in [0.1, 0.15) is 12.3 Å². The molecule has 0 saturated carbocycles. The molecule has 1 aliphatic heterocycles. The fourth-order valence-electron chi connectivity index (χ4n) is 2.21.